The van der Waals surface area contributed by atoms with Crippen molar-refractivity contribution in [3.05, 3.63) is 71.4 Å². The highest BCUT2D eigenvalue weighted by Crippen LogP contribution is 2.34. The van der Waals surface area contributed by atoms with E-state index >= 15 is 0 Å². The lowest BCUT2D eigenvalue weighted by molar-refractivity contribution is -0.674. The van der Waals surface area contributed by atoms with E-state index in [1.807, 2.05) is 50.2 Å². The molecule has 0 amide bonds. The molecule has 1 heterocycles. The highest BCUT2D eigenvalue weighted by Gasteiger charge is 2.23. The van der Waals surface area contributed by atoms with Gasteiger partial charge in [0.05, 0.1) is 39.1 Å². The van der Waals surface area contributed by atoms with Gasteiger partial charge in [-0.25, -0.2) is 0 Å². The van der Waals surface area contributed by atoms with Crippen molar-refractivity contribution in [3.63, 3.8) is 0 Å². The molecule has 34 heavy (non-hydrogen) atoms. The monoisotopic (exact) mass is 591 g/mol. The molecule has 180 valence electrons. The standard InChI is InChI=1S/C27H30NO4S.HI/c1-5-31-19(2)13-14-27-28(22-17-24(29-3)25(30-4)18-26(22)33-27)15-16-32-23-12-8-10-20-9-6-7-11-21(20)23;/h6-13,17-18H,5,14-16H2,1-4H3;1H/q+1;/p-1. The number of ether oxygens (including phenoxy) is 4. The van der Waals surface area contributed by atoms with Crippen LogP contribution in [-0.4, -0.2) is 27.4 Å². The van der Waals surface area contributed by atoms with E-state index < -0.39 is 0 Å². The van der Waals surface area contributed by atoms with Gasteiger partial charge < -0.3 is 42.9 Å². The third-order valence-electron chi connectivity index (χ3n) is 5.54. The summed E-state index contributed by atoms with van der Waals surface area (Å²) >= 11 is 1.75. The molecule has 0 aliphatic carbocycles. The molecule has 7 heteroatoms. The van der Waals surface area contributed by atoms with Crippen molar-refractivity contribution in [1.82, 2.24) is 0 Å². The fourth-order valence-electron chi connectivity index (χ4n) is 3.94. The molecule has 0 spiro atoms. The van der Waals surface area contributed by atoms with Gasteiger partial charge in [0, 0.05) is 11.5 Å². The van der Waals surface area contributed by atoms with E-state index in [-0.39, 0.29) is 24.0 Å². The Hall–Kier alpha value is -2.52. The molecule has 0 atom stereocenters. The number of rotatable bonds is 10. The van der Waals surface area contributed by atoms with E-state index in [0.29, 0.717) is 13.2 Å². The lowest BCUT2D eigenvalue weighted by atomic mass is 10.1. The van der Waals surface area contributed by atoms with Crippen LogP contribution in [0.4, 0.5) is 0 Å². The number of hydrogen-bond acceptors (Lipinski definition) is 5. The predicted molar refractivity (Wildman–Crippen MR) is 134 cm³/mol. The van der Waals surface area contributed by atoms with Crippen molar-refractivity contribution in [1.29, 1.82) is 0 Å². The summed E-state index contributed by atoms with van der Waals surface area (Å²) in [5.41, 5.74) is 1.11. The van der Waals surface area contributed by atoms with E-state index in [1.165, 1.54) is 10.4 Å². The Bertz CT molecular complexity index is 1280. The van der Waals surface area contributed by atoms with E-state index in [2.05, 4.69) is 28.8 Å². The highest BCUT2D eigenvalue weighted by molar-refractivity contribution is 7.18. The Morgan fingerprint density at radius 2 is 1.71 bits per heavy atom. The van der Waals surface area contributed by atoms with Gasteiger partial charge in [0.1, 0.15) is 17.1 Å². The molecule has 0 N–H and O–H groups in total. The Morgan fingerprint density at radius 3 is 2.47 bits per heavy atom. The molecule has 0 saturated heterocycles. The Balaban J connectivity index is 0.00000324. The van der Waals surface area contributed by atoms with Crippen LogP contribution in [0.15, 0.2) is 66.4 Å². The average molecular weight is 592 g/mol. The minimum atomic E-state index is 0. The zero-order valence-electron chi connectivity index (χ0n) is 20.0. The molecule has 0 radical (unpaired) electrons. The quantitative estimate of drug-likeness (QED) is 0.162. The summed E-state index contributed by atoms with van der Waals surface area (Å²) in [4.78, 5) is 0. The van der Waals surface area contributed by atoms with E-state index in [9.17, 15) is 0 Å². The second-order valence-electron chi connectivity index (χ2n) is 7.60. The Kier molecular flexibility index (Phi) is 9.41. The molecule has 3 aromatic carbocycles. The molecule has 0 unspecified atom stereocenters. The van der Waals surface area contributed by atoms with Crippen LogP contribution in [0.3, 0.4) is 0 Å². The van der Waals surface area contributed by atoms with Crippen LogP contribution in [0.1, 0.15) is 18.9 Å². The summed E-state index contributed by atoms with van der Waals surface area (Å²) in [7, 11) is 3.33. The Morgan fingerprint density at radius 1 is 0.971 bits per heavy atom. The summed E-state index contributed by atoms with van der Waals surface area (Å²) in [6, 6.07) is 18.6. The molecule has 4 aromatic rings. The minimum absolute atomic E-state index is 0. The van der Waals surface area contributed by atoms with Gasteiger partial charge in [0.25, 0.3) is 0 Å². The predicted octanol–water partition coefficient (Wildman–Crippen LogP) is 2.93. The zero-order chi connectivity index (χ0) is 23.2. The summed E-state index contributed by atoms with van der Waals surface area (Å²) in [5.74, 6) is 3.29. The molecule has 1 aromatic heterocycles. The first-order valence-corrected chi connectivity index (χ1v) is 11.9. The SMILES string of the molecule is CCOC(C)=CCc1sc2cc(OC)c(OC)cc2[n+]1CCOc1cccc2ccccc12.[I-]. The van der Waals surface area contributed by atoms with Crippen LogP contribution < -0.4 is 42.8 Å². The maximum absolute atomic E-state index is 6.25. The van der Waals surface area contributed by atoms with E-state index in [1.54, 1.807) is 25.6 Å². The first-order chi connectivity index (χ1) is 16.1. The molecule has 0 aliphatic heterocycles. The van der Waals surface area contributed by atoms with Crippen LogP contribution in [-0.2, 0) is 17.7 Å². The number of benzene rings is 3. The van der Waals surface area contributed by atoms with E-state index in [4.69, 9.17) is 18.9 Å². The van der Waals surface area contributed by atoms with Crippen LogP contribution in [0.2, 0.25) is 0 Å². The molecule has 5 nitrogen and oxygen atoms in total. The first kappa shape index (κ1) is 26.1. The van der Waals surface area contributed by atoms with Gasteiger partial charge in [0.15, 0.2) is 18.0 Å². The first-order valence-electron chi connectivity index (χ1n) is 11.1. The van der Waals surface area contributed by atoms with Crippen molar-refractivity contribution in [3.8, 4) is 17.2 Å². The number of hydrogen-bond donors (Lipinski definition) is 0. The smallest absolute Gasteiger partial charge is 0.242 e. The number of aromatic nitrogens is 1. The van der Waals surface area contributed by atoms with Crippen molar-refractivity contribution in [2.45, 2.75) is 26.8 Å². The summed E-state index contributed by atoms with van der Waals surface area (Å²) < 4.78 is 26.4. The number of thiazole rings is 1. The average Bonchev–Trinajstić information content (AvgIpc) is 3.18. The summed E-state index contributed by atoms with van der Waals surface area (Å²) in [6.45, 7) is 5.94. The third-order valence-corrected chi connectivity index (χ3v) is 6.71. The number of methoxy groups -OCH3 is 2. The lowest BCUT2D eigenvalue weighted by Gasteiger charge is -2.09. The van der Waals surface area contributed by atoms with E-state index in [0.717, 1.165) is 51.6 Å². The van der Waals surface area contributed by atoms with Crippen LogP contribution in [0.25, 0.3) is 21.0 Å². The number of fused-ring (bicyclic) bond motifs is 2. The van der Waals surface area contributed by atoms with Crippen LogP contribution >= 0.6 is 11.3 Å². The van der Waals surface area contributed by atoms with Gasteiger partial charge in [-0.3, -0.25) is 0 Å². The minimum Gasteiger partial charge on any atom is -1.00 e. The van der Waals surface area contributed by atoms with Gasteiger partial charge >= 0.3 is 0 Å². The van der Waals surface area contributed by atoms with Gasteiger partial charge in [0.2, 0.25) is 10.5 Å². The van der Waals surface area contributed by atoms with Crippen LogP contribution in [0, 0.1) is 0 Å². The van der Waals surface area contributed by atoms with Crippen LogP contribution in [0.5, 0.6) is 17.2 Å². The number of nitrogens with zero attached hydrogens (tertiary/aromatic N) is 1. The molecule has 0 aliphatic rings. The van der Waals surface area contributed by atoms with Gasteiger partial charge in [-0.2, -0.15) is 4.57 Å². The highest BCUT2D eigenvalue weighted by atomic mass is 127. The van der Waals surface area contributed by atoms with Crippen molar-refractivity contribution in [2.75, 3.05) is 27.4 Å². The molecule has 0 bridgehead atoms. The van der Waals surface area contributed by atoms with Crippen molar-refractivity contribution in [2.24, 2.45) is 0 Å². The molecule has 4 rings (SSSR count). The normalized spacial score (nSPS) is 11.4. The second-order valence-corrected chi connectivity index (χ2v) is 8.72. The summed E-state index contributed by atoms with van der Waals surface area (Å²) in [6.07, 6.45) is 2.91. The largest absolute Gasteiger partial charge is 1.00 e. The van der Waals surface area contributed by atoms with Crippen molar-refractivity contribution >= 4 is 32.3 Å². The second kappa shape index (κ2) is 12.3. The summed E-state index contributed by atoms with van der Waals surface area (Å²) in [5, 5.41) is 3.53. The van der Waals surface area contributed by atoms with Gasteiger partial charge in [-0.1, -0.05) is 47.7 Å². The molecular formula is C27H30INO4S. The topological polar surface area (TPSA) is 40.8 Å². The van der Waals surface area contributed by atoms with Gasteiger partial charge in [-0.05, 0) is 31.4 Å². The molecule has 0 saturated carbocycles. The third kappa shape index (κ3) is 5.75. The number of allylic oxidation sites excluding steroid dienone is 2. The Labute approximate surface area is 221 Å². The number of halogens is 1. The molecular weight excluding hydrogens is 561 g/mol. The fourth-order valence-corrected chi connectivity index (χ4v) is 5.10. The lowest BCUT2D eigenvalue weighted by Crippen LogP contribution is -3.00. The van der Waals surface area contributed by atoms with Crippen molar-refractivity contribution < 1.29 is 47.5 Å². The maximum Gasteiger partial charge on any atom is 0.242 e. The zero-order valence-corrected chi connectivity index (χ0v) is 22.9. The molecule has 0 fully saturated rings. The maximum atomic E-state index is 6.25. The fraction of sp³-hybridized carbons (Fsp3) is 0.296. The van der Waals surface area contributed by atoms with Gasteiger partial charge in [-0.15, -0.1) is 0 Å².